The van der Waals surface area contributed by atoms with Crippen LogP contribution in [-0.2, 0) is 22.6 Å². The van der Waals surface area contributed by atoms with Crippen LogP contribution in [0.5, 0.6) is 0 Å². The first kappa shape index (κ1) is 21.1. The number of carboxylic acids is 1. The van der Waals surface area contributed by atoms with Crippen LogP contribution in [0.15, 0.2) is 42.6 Å². The van der Waals surface area contributed by atoms with Crippen molar-refractivity contribution < 1.29 is 14.6 Å². The zero-order valence-corrected chi connectivity index (χ0v) is 18.3. The third-order valence-corrected chi connectivity index (χ3v) is 6.90. The molecule has 7 nitrogen and oxygen atoms in total. The number of nitrogens with zero attached hydrogens (tertiary/aromatic N) is 4. The summed E-state index contributed by atoms with van der Waals surface area (Å²) in [7, 11) is 0. The molecule has 2 aromatic heterocycles. The molecule has 32 heavy (non-hydrogen) atoms. The molecule has 5 rings (SSSR count). The Bertz CT molecular complexity index is 1070. The van der Waals surface area contributed by atoms with Gasteiger partial charge in [-0.2, -0.15) is 0 Å². The first-order valence-corrected chi connectivity index (χ1v) is 11.6. The molecule has 3 aromatic rings. The van der Waals surface area contributed by atoms with E-state index in [-0.39, 0.29) is 11.8 Å². The summed E-state index contributed by atoms with van der Waals surface area (Å²) in [6, 6.07) is 12.6. The summed E-state index contributed by atoms with van der Waals surface area (Å²) in [5, 5.41) is 9.63. The van der Waals surface area contributed by atoms with Crippen LogP contribution in [-0.4, -0.2) is 56.8 Å². The summed E-state index contributed by atoms with van der Waals surface area (Å²) < 4.78 is 7.75. The highest BCUT2D eigenvalue weighted by Gasteiger charge is 2.31. The van der Waals surface area contributed by atoms with E-state index in [2.05, 4.69) is 44.8 Å². The number of benzene rings is 1. The molecule has 0 bridgehead atoms. The Balaban J connectivity index is 1.39. The fourth-order valence-electron chi connectivity index (χ4n) is 5.14. The molecule has 1 N–H and O–H groups in total. The number of carboxylic acid groups (broad SMARTS) is 1. The van der Waals surface area contributed by atoms with Crippen molar-refractivity contribution in [3.8, 4) is 0 Å². The topological polar surface area (TPSA) is 80.5 Å². The normalized spacial score (nSPS) is 22.2. The summed E-state index contributed by atoms with van der Waals surface area (Å²) >= 11 is 0. The highest BCUT2D eigenvalue weighted by atomic mass is 16.5. The molecule has 0 spiro atoms. The zero-order chi connectivity index (χ0) is 21.9. The number of rotatable bonds is 6. The highest BCUT2D eigenvalue weighted by Crippen LogP contribution is 2.38. The second-order valence-corrected chi connectivity index (χ2v) is 8.93. The third kappa shape index (κ3) is 4.40. The quantitative estimate of drug-likeness (QED) is 0.638. The van der Waals surface area contributed by atoms with E-state index >= 15 is 0 Å². The van der Waals surface area contributed by atoms with Gasteiger partial charge >= 0.3 is 5.97 Å². The molecule has 0 amide bonds. The van der Waals surface area contributed by atoms with Gasteiger partial charge in [0.15, 0.2) is 5.65 Å². The zero-order valence-electron chi connectivity index (χ0n) is 18.3. The molecule has 2 aliphatic rings. The lowest BCUT2D eigenvalue weighted by Gasteiger charge is -2.29. The number of aromatic nitrogens is 3. The minimum absolute atomic E-state index is 0.116. The molecule has 1 saturated carbocycles. The minimum Gasteiger partial charge on any atom is -0.481 e. The summed E-state index contributed by atoms with van der Waals surface area (Å²) in [6.45, 7) is 4.85. The molecule has 7 heteroatoms. The second-order valence-electron chi connectivity index (χ2n) is 8.93. The van der Waals surface area contributed by atoms with Gasteiger partial charge in [-0.3, -0.25) is 9.69 Å². The van der Waals surface area contributed by atoms with Gasteiger partial charge in [-0.25, -0.2) is 9.97 Å². The van der Waals surface area contributed by atoms with Crippen LogP contribution in [0.1, 0.15) is 48.6 Å². The van der Waals surface area contributed by atoms with Crippen LogP contribution in [0.4, 0.5) is 0 Å². The van der Waals surface area contributed by atoms with Crippen molar-refractivity contribution in [2.75, 3.05) is 26.3 Å². The van der Waals surface area contributed by atoms with Gasteiger partial charge in [0.2, 0.25) is 0 Å². The van der Waals surface area contributed by atoms with Gasteiger partial charge in [0.1, 0.15) is 5.82 Å². The number of imidazole rings is 1. The maximum atomic E-state index is 11.7. The van der Waals surface area contributed by atoms with Crippen LogP contribution in [0.3, 0.4) is 0 Å². The van der Waals surface area contributed by atoms with Gasteiger partial charge in [-0.05, 0) is 42.0 Å². The van der Waals surface area contributed by atoms with E-state index in [4.69, 9.17) is 9.72 Å². The predicted octanol–water partition coefficient (Wildman–Crippen LogP) is 3.67. The molecule has 2 unspecified atom stereocenters. The average Bonchev–Trinajstić information content (AvgIpc) is 3.17. The smallest absolute Gasteiger partial charge is 0.307 e. The number of ether oxygens (including phenoxy) is 1. The fourth-order valence-corrected chi connectivity index (χ4v) is 5.14. The van der Waals surface area contributed by atoms with Gasteiger partial charge < -0.3 is 14.4 Å². The van der Waals surface area contributed by atoms with E-state index in [1.165, 1.54) is 5.56 Å². The molecule has 2 atom stereocenters. The van der Waals surface area contributed by atoms with E-state index in [9.17, 15) is 9.90 Å². The highest BCUT2D eigenvalue weighted by molar-refractivity contribution is 5.72. The molecule has 1 aliphatic heterocycles. The van der Waals surface area contributed by atoms with Gasteiger partial charge in [0.25, 0.3) is 0 Å². The maximum absolute atomic E-state index is 11.7. The largest absolute Gasteiger partial charge is 0.481 e. The number of hydrogen-bond donors (Lipinski definition) is 1. The fraction of sp³-hybridized carbons (Fsp3) is 0.480. The van der Waals surface area contributed by atoms with Crippen molar-refractivity contribution in [3.63, 3.8) is 0 Å². The number of carbonyl (C=O) groups is 1. The van der Waals surface area contributed by atoms with Gasteiger partial charge in [-0.1, -0.05) is 37.1 Å². The Kier molecular flexibility index (Phi) is 6.19. The number of fused-ring (bicyclic) bond motifs is 1. The predicted molar refractivity (Wildman–Crippen MR) is 122 cm³/mol. The molecule has 2 fully saturated rings. The molecule has 0 radical (unpaired) electrons. The monoisotopic (exact) mass is 434 g/mol. The summed E-state index contributed by atoms with van der Waals surface area (Å²) in [5.74, 6) is 0.204. The number of aliphatic carboxylic acids is 1. The number of hydrogen-bond acceptors (Lipinski definition) is 5. The van der Waals surface area contributed by atoms with E-state index in [1.54, 1.807) is 6.20 Å². The van der Waals surface area contributed by atoms with E-state index in [0.717, 1.165) is 87.6 Å². The van der Waals surface area contributed by atoms with Crippen molar-refractivity contribution in [1.29, 1.82) is 0 Å². The first-order chi connectivity index (χ1) is 15.7. The van der Waals surface area contributed by atoms with Crippen LogP contribution < -0.4 is 0 Å². The lowest BCUT2D eigenvalue weighted by atomic mass is 9.75. The maximum Gasteiger partial charge on any atom is 0.307 e. The van der Waals surface area contributed by atoms with Crippen molar-refractivity contribution in [2.24, 2.45) is 5.92 Å². The summed E-state index contributed by atoms with van der Waals surface area (Å²) in [5.41, 5.74) is 4.14. The van der Waals surface area contributed by atoms with Crippen molar-refractivity contribution in [1.82, 2.24) is 19.4 Å². The van der Waals surface area contributed by atoms with Crippen molar-refractivity contribution >= 4 is 17.1 Å². The Morgan fingerprint density at radius 3 is 2.62 bits per heavy atom. The summed E-state index contributed by atoms with van der Waals surface area (Å²) in [6.07, 6.45) is 5.64. The Hall–Kier alpha value is -2.77. The van der Waals surface area contributed by atoms with Crippen LogP contribution in [0, 0.1) is 5.92 Å². The SMILES string of the molecule is O=C(O)C1CCCCC1c1ccc(Cn2c(CN3CCOCC3)nc3ncccc32)cc1. The molecule has 1 aromatic carbocycles. The van der Waals surface area contributed by atoms with E-state index in [1.807, 2.05) is 6.07 Å². The van der Waals surface area contributed by atoms with Crippen LogP contribution >= 0.6 is 0 Å². The number of pyridine rings is 1. The lowest BCUT2D eigenvalue weighted by Crippen LogP contribution is -2.36. The molecule has 3 heterocycles. The standard InChI is InChI=1S/C25H30N4O3/c30-25(31)21-5-2-1-4-20(21)19-9-7-18(8-10-19)16-29-22-6-3-11-26-24(22)27-23(29)17-28-12-14-32-15-13-28/h3,6-11,20-21H,1-2,4-5,12-17H2,(H,30,31). The Morgan fingerprint density at radius 2 is 1.84 bits per heavy atom. The number of morpholine rings is 1. The second kappa shape index (κ2) is 9.38. The minimum atomic E-state index is -0.663. The molecule has 168 valence electrons. The molecular weight excluding hydrogens is 404 g/mol. The van der Waals surface area contributed by atoms with Gasteiger partial charge in [0, 0.05) is 25.8 Å². The van der Waals surface area contributed by atoms with E-state index < -0.39 is 5.97 Å². The third-order valence-electron chi connectivity index (χ3n) is 6.90. The van der Waals surface area contributed by atoms with Gasteiger partial charge in [-0.15, -0.1) is 0 Å². The van der Waals surface area contributed by atoms with Crippen molar-refractivity contribution in [2.45, 2.75) is 44.7 Å². The average molecular weight is 435 g/mol. The van der Waals surface area contributed by atoms with Gasteiger partial charge in [0.05, 0.1) is 31.2 Å². The molecule has 1 saturated heterocycles. The Morgan fingerprint density at radius 1 is 1.06 bits per heavy atom. The van der Waals surface area contributed by atoms with Crippen LogP contribution in [0.2, 0.25) is 0 Å². The Labute approximate surface area is 188 Å². The molecular formula is C25H30N4O3. The van der Waals surface area contributed by atoms with Crippen molar-refractivity contribution in [3.05, 3.63) is 59.5 Å². The van der Waals surface area contributed by atoms with Crippen LogP contribution in [0.25, 0.3) is 11.2 Å². The molecule has 1 aliphatic carbocycles. The lowest BCUT2D eigenvalue weighted by molar-refractivity contribution is -0.143. The first-order valence-electron chi connectivity index (χ1n) is 11.6. The summed E-state index contributed by atoms with van der Waals surface area (Å²) in [4.78, 5) is 23.4. The van der Waals surface area contributed by atoms with E-state index in [0.29, 0.717) is 0 Å².